The average molecular weight is 396 g/mol. The molecule has 1 unspecified atom stereocenters. The number of hydrogen-bond acceptors (Lipinski definition) is 6. The van der Waals surface area contributed by atoms with Gasteiger partial charge >= 0.3 is 5.97 Å². The zero-order valence-electron chi connectivity index (χ0n) is 15.1. The van der Waals surface area contributed by atoms with Gasteiger partial charge < -0.3 is 18.9 Å². The van der Waals surface area contributed by atoms with E-state index in [1.807, 2.05) is 40.6 Å². The van der Waals surface area contributed by atoms with Gasteiger partial charge in [0.2, 0.25) is 4.77 Å². The smallest absolute Gasteiger partial charge is 0.324 e. The van der Waals surface area contributed by atoms with Crippen molar-refractivity contribution in [2.45, 2.75) is 11.9 Å². The first-order chi connectivity index (χ1) is 12.5. The molecule has 1 saturated heterocycles. The van der Waals surface area contributed by atoms with Crippen LogP contribution in [-0.2, 0) is 23.2 Å². The minimum absolute atomic E-state index is 0.123. The summed E-state index contributed by atoms with van der Waals surface area (Å²) in [6.07, 6.45) is 0. The van der Waals surface area contributed by atoms with Crippen molar-refractivity contribution in [3.05, 3.63) is 29.0 Å². The molecule has 1 aromatic carbocycles. The molecule has 1 aliphatic rings. The normalized spacial score (nSPS) is 20.0. The van der Waals surface area contributed by atoms with Crippen LogP contribution in [0.15, 0.2) is 24.3 Å². The molecule has 2 atom stereocenters. The number of nitrogens with zero attached hydrogens (tertiary/aromatic N) is 3. The van der Waals surface area contributed by atoms with Gasteiger partial charge in [-0.05, 0) is 36.5 Å². The fourth-order valence-electron chi connectivity index (χ4n) is 2.99. The van der Waals surface area contributed by atoms with Gasteiger partial charge in [-0.25, -0.2) is 0 Å². The lowest BCUT2D eigenvalue weighted by atomic mass is 10.2. The fourth-order valence-corrected chi connectivity index (χ4v) is 4.46. The number of esters is 1. The van der Waals surface area contributed by atoms with E-state index >= 15 is 0 Å². The van der Waals surface area contributed by atoms with E-state index in [1.54, 1.807) is 18.9 Å². The highest BCUT2D eigenvalue weighted by atomic mass is 32.2. The average Bonchev–Trinajstić information content (AvgIpc) is 2.96. The summed E-state index contributed by atoms with van der Waals surface area (Å²) in [6.45, 7) is 2.32. The number of carbonyl (C=O) groups is 1. The van der Waals surface area contributed by atoms with Crippen molar-refractivity contribution in [1.82, 2.24) is 14.3 Å². The monoisotopic (exact) mass is 395 g/mol. The first-order valence-electron chi connectivity index (χ1n) is 8.34. The molecule has 1 aromatic heterocycles. The van der Waals surface area contributed by atoms with E-state index in [2.05, 4.69) is 0 Å². The number of rotatable bonds is 5. The maximum atomic E-state index is 11.8. The van der Waals surface area contributed by atoms with Crippen LogP contribution in [0.25, 0.3) is 11.4 Å². The first kappa shape index (κ1) is 18.9. The predicted octanol–water partition coefficient (Wildman–Crippen LogP) is 0.757. The van der Waals surface area contributed by atoms with Crippen molar-refractivity contribution in [3.63, 3.8) is 0 Å². The van der Waals surface area contributed by atoms with Crippen molar-refractivity contribution >= 4 is 29.9 Å². The standard InChI is InChI=1S/C17H22N4O3S2/c1-19-15(12-4-6-13(23-2)7-5-12)18-21(17(19)25)11-20-8-9-26-14(10-20)16(22)24-3/h4-7,14H,8-11H2,1-3H3/p+1/t14-/m0/s1. The third-order valence-electron chi connectivity index (χ3n) is 4.48. The summed E-state index contributed by atoms with van der Waals surface area (Å²) < 4.78 is 14.5. The van der Waals surface area contributed by atoms with Crippen molar-refractivity contribution < 1.29 is 19.2 Å². The number of aromatic nitrogens is 3. The lowest BCUT2D eigenvalue weighted by molar-refractivity contribution is -0.921. The van der Waals surface area contributed by atoms with Crippen LogP contribution < -0.4 is 9.64 Å². The molecule has 2 aromatic rings. The van der Waals surface area contributed by atoms with Crippen LogP contribution in [-0.4, -0.2) is 58.6 Å². The van der Waals surface area contributed by atoms with E-state index in [0.717, 1.165) is 29.4 Å². The maximum Gasteiger partial charge on any atom is 0.324 e. The minimum atomic E-state index is -0.157. The number of ether oxygens (including phenoxy) is 2. The number of carbonyl (C=O) groups excluding carboxylic acids is 1. The van der Waals surface area contributed by atoms with E-state index in [-0.39, 0.29) is 11.2 Å². The Morgan fingerprint density at radius 3 is 2.77 bits per heavy atom. The molecule has 9 heteroatoms. The molecule has 140 valence electrons. The zero-order valence-corrected chi connectivity index (χ0v) is 16.7. The maximum absolute atomic E-state index is 11.8. The molecule has 0 aliphatic carbocycles. The second kappa shape index (κ2) is 8.24. The predicted molar refractivity (Wildman–Crippen MR) is 103 cm³/mol. The largest absolute Gasteiger partial charge is 0.497 e. The molecule has 1 N–H and O–H groups in total. The van der Waals surface area contributed by atoms with Gasteiger partial charge in [0.15, 0.2) is 17.7 Å². The Morgan fingerprint density at radius 1 is 1.38 bits per heavy atom. The molecular weight excluding hydrogens is 372 g/mol. The molecule has 0 bridgehead atoms. The Labute approximate surface area is 161 Å². The summed E-state index contributed by atoms with van der Waals surface area (Å²) in [7, 11) is 5.00. The van der Waals surface area contributed by atoms with Crippen molar-refractivity contribution in [1.29, 1.82) is 0 Å². The Morgan fingerprint density at radius 2 is 2.12 bits per heavy atom. The van der Waals surface area contributed by atoms with Crippen LogP contribution >= 0.6 is 24.0 Å². The van der Waals surface area contributed by atoms with Crippen LogP contribution in [0.3, 0.4) is 0 Å². The number of benzene rings is 1. The minimum Gasteiger partial charge on any atom is -0.497 e. The third kappa shape index (κ3) is 3.94. The number of methoxy groups -OCH3 is 2. The van der Waals surface area contributed by atoms with Gasteiger partial charge in [-0.3, -0.25) is 4.79 Å². The van der Waals surface area contributed by atoms with E-state index in [9.17, 15) is 4.79 Å². The Hall–Kier alpha value is -1.84. The highest BCUT2D eigenvalue weighted by Crippen LogP contribution is 2.20. The van der Waals surface area contributed by atoms with Gasteiger partial charge in [-0.1, -0.05) is 0 Å². The van der Waals surface area contributed by atoms with Gasteiger partial charge in [-0.15, -0.1) is 16.9 Å². The molecule has 3 rings (SSSR count). The molecule has 0 radical (unpaired) electrons. The van der Waals surface area contributed by atoms with E-state index in [0.29, 0.717) is 18.0 Å². The Balaban J connectivity index is 1.78. The highest BCUT2D eigenvalue weighted by Gasteiger charge is 2.30. The highest BCUT2D eigenvalue weighted by molar-refractivity contribution is 8.00. The summed E-state index contributed by atoms with van der Waals surface area (Å²) in [5.41, 5.74) is 0.981. The topological polar surface area (TPSA) is 62.7 Å². The van der Waals surface area contributed by atoms with Crippen LogP contribution in [0, 0.1) is 4.77 Å². The van der Waals surface area contributed by atoms with Crippen LogP contribution in [0.4, 0.5) is 0 Å². The van der Waals surface area contributed by atoms with E-state index in [1.165, 1.54) is 12.0 Å². The van der Waals surface area contributed by atoms with Crippen LogP contribution in [0.5, 0.6) is 5.75 Å². The molecule has 0 saturated carbocycles. The second-order valence-electron chi connectivity index (χ2n) is 6.14. The van der Waals surface area contributed by atoms with Crippen molar-refractivity contribution in [3.8, 4) is 17.1 Å². The first-order valence-corrected chi connectivity index (χ1v) is 9.80. The summed E-state index contributed by atoms with van der Waals surface area (Å²) in [4.78, 5) is 13.1. The van der Waals surface area contributed by atoms with Gasteiger partial charge in [0.25, 0.3) is 0 Å². The zero-order chi connectivity index (χ0) is 18.7. The Kier molecular flexibility index (Phi) is 6.00. The number of nitrogens with one attached hydrogen (secondary N) is 1. The molecule has 7 nitrogen and oxygen atoms in total. The third-order valence-corrected chi connectivity index (χ3v) is 6.16. The summed E-state index contributed by atoms with van der Waals surface area (Å²) in [5.74, 6) is 2.38. The summed E-state index contributed by atoms with van der Waals surface area (Å²) in [5, 5.41) is 4.59. The molecule has 2 heterocycles. The second-order valence-corrected chi connectivity index (χ2v) is 7.81. The van der Waals surface area contributed by atoms with Crippen molar-refractivity contribution in [2.24, 2.45) is 7.05 Å². The number of quaternary nitrogens is 1. The van der Waals surface area contributed by atoms with Gasteiger partial charge in [-0.2, -0.15) is 4.68 Å². The number of hydrogen-bond donors (Lipinski definition) is 1. The summed E-state index contributed by atoms with van der Waals surface area (Å²) in [6, 6.07) is 7.76. The van der Waals surface area contributed by atoms with Gasteiger partial charge in [0.1, 0.15) is 12.3 Å². The lowest BCUT2D eigenvalue weighted by Crippen LogP contribution is -3.14. The van der Waals surface area contributed by atoms with Gasteiger partial charge in [0, 0.05) is 18.4 Å². The van der Waals surface area contributed by atoms with E-state index in [4.69, 9.17) is 26.8 Å². The van der Waals surface area contributed by atoms with Crippen LogP contribution in [0.2, 0.25) is 0 Å². The van der Waals surface area contributed by atoms with Gasteiger partial charge in [0.05, 0.1) is 20.8 Å². The molecule has 26 heavy (non-hydrogen) atoms. The molecular formula is C17H23N4O3S2+. The van der Waals surface area contributed by atoms with Crippen LogP contribution in [0.1, 0.15) is 0 Å². The quantitative estimate of drug-likeness (QED) is 0.596. The Bertz CT molecular complexity index is 832. The number of thioether (sulfide) groups is 1. The SMILES string of the molecule is COC(=O)[C@@H]1C[NH+](Cn2nc(-c3ccc(OC)cc3)n(C)c2=S)CCS1. The van der Waals surface area contributed by atoms with E-state index < -0.39 is 0 Å². The summed E-state index contributed by atoms with van der Waals surface area (Å²) >= 11 is 7.22. The molecule has 0 amide bonds. The molecule has 0 spiro atoms. The lowest BCUT2D eigenvalue weighted by Gasteiger charge is -2.27. The van der Waals surface area contributed by atoms with Crippen molar-refractivity contribution in [2.75, 3.05) is 33.1 Å². The molecule has 1 fully saturated rings. The molecule has 1 aliphatic heterocycles. The fraction of sp³-hybridized carbons (Fsp3) is 0.471.